The van der Waals surface area contributed by atoms with Crippen LogP contribution in [0.2, 0.25) is 0 Å². The van der Waals surface area contributed by atoms with Crippen LogP contribution in [0.4, 0.5) is 0 Å². The van der Waals surface area contributed by atoms with Crippen molar-refractivity contribution in [1.82, 2.24) is 0 Å². The van der Waals surface area contributed by atoms with Crippen LogP contribution in [0, 0.1) is 0 Å². The van der Waals surface area contributed by atoms with Gasteiger partial charge in [-0.2, -0.15) is 0 Å². The lowest BCUT2D eigenvalue weighted by Gasteiger charge is -2.06. The molecule has 4 rings (SSSR count). The first-order valence-electron chi connectivity index (χ1n) is 6.71. The Morgan fingerprint density at radius 3 is 2.00 bits per heavy atom. The van der Waals surface area contributed by atoms with E-state index in [2.05, 4.69) is 30.3 Å². The third kappa shape index (κ3) is 1.74. The summed E-state index contributed by atoms with van der Waals surface area (Å²) in [7, 11) is 1.42. The minimum atomic E-state index is -0.274. The zero-order valence-electron chi connectivity index (χ0n) is 11.4. The smallest absolute Gasteiger partial charge is 0.348 e. The Morgan fingerprint density at radius 2 is 1.38 bits per heavy atom. The monoisotopic (exact) mass is 292 g/mol. The molecule has 0 unspecified atom stereocenters. The van der Waals surface area contributed by atoms with Gasteiger partial charge in [-0.15, -0.1) is 11.3 Å². The van der Waals surface area contributed by atoms with Gasteiger partial charge in [-0.05, 0) is 22.2 Å². The number of hydrogen-bond donors (Lipinski definition) is 0. The molecule has 102 valence electrons. The highest BCUT2D eigenvalue weighted by Gasteiger charge is 2.15. The summed E-state index contributed by atoms with van der Waals surface area (Å²) in [6.07, 6.45) is 0. The molecule has 1 heterocycles. The molecule has 0 bridgehead atoms. The number of carbonyl (C=O) groups excluding carboxylic acids is 1. The Balaban J connectivity index is 2.26. The van der Waals surface area contributed by atoms with Gasteiger partial charge in [0.05, 0.1) is 7.11 Å². The Kier molecular flexibility index (Phi) is 2.69. The molecule has 0 spiro atoms. The molecular weight excluding hydrogens is 280 g/mol. The summed E-state index contributed by atoms with van der Waals surface area (Å²) in [5.74, 6) is -0.274. The average molecular weight is 292 g/mol. The van der Waals surface area contributed by atoms with E-state index in [1.807, 2.05) is 24.3 Å². The van der Waals surface area contributed by atoms with Gasteiger partial charge >= 0.3 is 5.97 Å². The van der Waals surface area contributed by atoms with Gasteiger partial charge in [0, 0.05) is 15.5 Å². The Labute approximate surface area is 125 Å². The van der Waals surface area contributed by atoms with E-state index in [0.717, 1.165) is 10.1 Å². The van der Waals surface area contributed by atoms with Crippen molar-refractivity contribution >= 4 is 48.9 Å². The van der Waals surface area contributed by atoms with Crippen molar-refractivity contribution < 1.29 is 9.53 Å². The molecule has 3 aromatic carbocycles. The number of fused-ring (bicyclic) bond motifs is 6. The Bertz CT molecular complexity index is 925. The minimum Gasteiger partial charge on any atom is -0.465 e. The van der Waals surface area contributed by atoms with Crippen LogP contribution in [0.1, 0.15) is 9.67 Å². The number of thiophene rings is 1. The van der Waals surface area contributed by atoms with Crippen LogP contribution in [-0.2, 0) is 4.74 Å². The van der Waals surface area contributed by atoms with Crippen molar-refractivity contribution in [2.45, 2.75) is 0 Å². The van der Waals surface area contributed by atoms with E-state index in [1.54, 1.807) is 0 Å². The second kappa shape index (κ2) is 4.57. The molecule has 0 N–H and O–H groups in total. The predicted molar refractivity (Wildman–Crippen MR) is 88.2 cm³/mol. The zero-order valence-corrected chi connectivity index (χ0v) is 12.2. The molecule has 4 aromatic rings. The highest BCUT2D eigenvalue weighted by atomic mass is 32.1. The molecular formula is C18H12O2S. The van der Waals surface area contributed by atoms with Crippen molar-refractivity contribution in [3.63, 3.8) is 0 Å². The molecule has 21 heavy (non-hydrogen) atoms. The van der Waals surface area contributed by atoms with E-state index < -0.39 is 0 Å². The number of esters is 1. The SMILES string of the molecule is COC(=O)c1cc2c3ccccc3c3ccccc3c2s1. The summed E-state index contributed by atoms with van der Waals surface area (Å²) in [6.45, 7) is 0. The lowest BCUT2D eigenvalue weighted by atomic mass is 9.99. The molecule has 0 radical (unpaired) electrons. The third-order valence-corrected chi connectivity index (χ3v) is 4.95. The van der Waals surface area contributed by atoms with Crippen molar-refractivity contribution in [3.8, 4) is 0 Å². The zero-order chi connectivity index (χ0) is 14.4. The predicted octanol–water partition coefficient (Wildman–Crippen LogP) is 4.99. The molecule has 1 aromatic heterocycles. The van der Waals surface area contributed by atoms with Crippen molar-refractivity contribution in [3.05, 3.63) is 59.5 Å². The van der Waals surface area contributed by atoms with Crippen LogP contribution < -0.4 is 0 Å². The maximum atomic E-state index is 11.8. The van der Waals surface area contributed by atoms with Gasteiger partial charge in [0.1, 0.15) is 4.88 Å². The second-order valence-corrected chi connectivity index (χ2v) is 5.99. The van der Waals surface area contributed by atoms with E-state index in [9.17, 15) is 4.79 Å². The number of hydrogen-bond acceptors (Lipinski definition) is 3. The van der Waals surface area contributed by atoms with Gasteiger partial charge in [0.25, 0.3) is 0 Å². The molecule has 0 aliphatic carbocycles. The summed E-state index contributed by atoms with van der Waals surface area (Å²) in [5.41, 5.74) is 0. The topological polar surface area (TPSA) is 26.3 Å². The lowest BCUT2D eigenvalue weighted by Crippen LogP contribution is -1.96. The fourth-order valence-electron chi connectivity index (χ4n) is 2.86. The first-order valence-corrected chi connectivity index (χ1v) is 7.52. The van der Waals surface area contributed by atoms with E-state index in [1.165, 1.54) is 40.0 Å². The highest BCUT2D eigenvalue weighted by molar-refractivity contribution is 7.22. The number of carbonyl (C=O) groups is 1. The largest absolute Gasteiger partial charge is 0.465 e. The summed E-state index contributed by atoms with van der Waals surface area (Å²) in [4.78, 5) is 12.5. The number of benzene rings is 3. The van der Waals surface area contributed by atoms with Gasteiger partial charge in [-0.1, -0.05) is 48.5 Å². The summed E-state index contributed by atoms with van der Waals surface area (Å²) < 4.78 is 6.00. The van der Waals surface area contributed by atoms with Gasteiger partial charge in [-0.25, -0.2) is 4.79 Å². The van der Waals surface area contributed by atoms with Crippen molar-refractivity contribution in [2.24, 2.45) is 0 Å². The second-order valence-electron chi connectivity index (χ2n) is 4.94. The molecule has 0 amide bonds. The molecule has 0 atom stereocenters. The molecule has 0 saturated heterocycles. The number of ether oxygens (including phenoxy) is 1. The van der Waals surface area contributed by atoms with Crippen LogP contribution >= 0.6 is 11.3 Å². The molecule has 0 aliphatic rings. The summed E-state index contributed by atoms with van der Waals surface area (Å²) in [5, 5.41) is 5.92. The molecule has 3 heteroatoms. The maximum Gasteiger partial charge on any atom is 0.348 e. The van der Waals surface area contributed by atoms with Gasteiger partial charge in [-0.3, -0.25) is 0 Å². The quantitative estimate of drug-likeness (QED) is 0.365. The fourth-order valence-corrected chi connectivity index (χ4v) is 3.99. The van der Waals surface area contributed by atoms with Crippen LogP contribution in [0.3, 0.4) is 0 Å². The van der Waals surface area contributed by atoms with Crippen LogP contribution in [0.25, 0.3) is 31.6 Å². The lowest BCUT2D eigenvalue weighted by molar-refractivity contribution is 0.0606. The third-order valence-electron chi connectivity index (χ3n) is 3.80. The summed E-state index contributed by atoms with van der Waals surface area (Å²) in [6, 6.07) is 18.6. The van der Waals surface area contributed by atoms with Crippen molar-refractivity contribution in [2.75, 3.05) is 7.11 Å². The van der Waals surface area contributed by atoms with E-state index in [4.69, 9.17) is 4.74 Å². The first-order chi connectivity index (χ1) is 10.3. The molecule has 2 nitrogen and oxygen atoms in total. The molecule has 0 fully saturated rings. The van der Waals surface area contributed by atoms with Crippen LogP contribution in [-0.4, -0.2) is 13.1 Å². The number of methoxy groups -OCH3 is 1. The normalized spacial score (nSPS) is 11.3. The van der Waals surface area contributed by atoms with Gasteiger partial charge in [0.15, 0.2) is 0 Å². The maximum absolute atomic E-state index is 11.8. The standard InChI is InChI=1S/C18H12O2S/c1-20-18(19)16-10-15-13-8-3-2-6-11(13)12-7-4-5-9-14(12)17(15)21-16/h2-10H,1H3. The minimum absolute atomic E-state index is 0.274. The van der Waals surface area contributed by atoms with Crippen molar-refractivity contribution in [1.29, 1.82) is 0 Å². The van der Waals surface area contributed by atoms with Gasteiger partial charge in [0.2, 0.25) is 0 Å². The molecule has 0 saturated carbocycles. The Hall–Kier alpha value is -2.39. The fraction of sp³-hybridized carbons (Fsp3) is 0.0556. The first kappa shape index (κ1) is 12.4. The van der Waals surface area contributed by atoms with E-state index in [0.29, 0.717) is 4.88 Å². The van der Waals surface area contributed by atoms with E-state index in [-0.39, 0.29) is 5.97 Å². The Morgan fingerprint density at radius 1 is 0.857 bits per heavy atom. The molecule has 0 aliphatic heterocycles. The van der Waals surface area contributed by atoms with Crippen LogP contribution in [0.5, 0.6) is 0 Å². The van der Waals surface area contributed by atoms with E-state index >= 15 is 0 Å². The highest BCUT2D eigenvalue weighted by Crippen LogP contribution is 2.39. The van der Waals surface area contributed by atoms with Crippen LogP contribution in [0.15, 0.2) is 54.6 Å². The average Bonchev–Trinajstić information content (AvgIpc) is 3.00. The summed E-state index contributed by atoms with van der Waals surface area (Å²) >= 11 is 1.50. The van der Waals surface area contributed by atoms with Gasteiger partial charge < -0.3 is 4.74 Å². The number of rotatable bonds is 1.